The Balaban J connectivity index is 2.33. The Morgan fingerprint density at radius 3 is 2.06 bits per heavy atom. The molecule has 0 spiro atoms. The molecule has 2 saturated heterocycles. The zero-order valence-corrected chi connectivity index (χ0v) is 22.8. The first-order valence-corrected chi connectivity index (χ1v) is 12.8. The fraction of sp³-hybridized carbons (Fsp3) is 0.840. The van der Waals surface area contributed by atoms with Crippen LogP contribution in [0.5, 0.6) is 0 Å². The molecule has 0 aliphatic carbocycles. The van der Waals surface area contributed by atoms with Crippen LogP contribution in [0.4, 0.5) is 9.59 Å². The number of hydrogen-bond donors (Lipinski definition) is 3. The average Bonchev–Trinajstić information content (AvgIpc) is 3.30. The van der Waals surface area contributed by atoms with E-state index in [9.17, 15) is 19.2 Å². The lowest BCUT2D eigenvalue weighted by molar-refractivity contribution is -0.142. The van der Waals surface area contributed by atoms with Crippen molar-refractivity contribution in [2.75, 3.05) is 13.1 Å². The summed E-state index contributed by atoms with van der Waals surface area (Å²) >= 11 is 0. The number of carbonyl (C=O) groups is 4. The first-order chi connectivity index (χ1) is 16.2. The number of nitrogens with one attached hydrogen (secondary N) is 3. The fourth-order valence-electron chi connectivity index (χ4n) is 4.64. The highest BCUT2D eigenvalue weighted by atomic mass is 16.6. The van der Waals surface area contributed by atoms with Crippen LogP contribution in [0.2, 0.25) is 0 Å². The van der Waals surface area contributed by atoms with E-state index >= 15 is 0 Å². The van der Waals surface area contributed by atoms with Crippen LogP contribution in [-0.2, 0) is 14.3 Å². The van der Waals surface area contributed by atoms with Gasteiger partial charge in [0.25, 0.3) is 0 Å². The molecule has 0 bridgehead atoms. The van der Waals surface area contributed by atoms with Gasteiger partial charge in [-0.15, -0.1) is 0 Å². The Bertz CT molecular complexity index is 794. The zero-order valence-electron chi connectivity index (χ0n) is 22.8. The molecule has 0 aromatic heterocycles. The van der Waals surface area contributed by atoms with Crippen molar-refractivity contribution in [2.24, 2.45) is 11.3 Å². The molecule has 3 N–H and O–H groups in total. The number of hydrogen-bond acceptors (Lipinski definition) is 5. The quantitative estimate of drug-likeness (QED) is 0.501. The molecule has 2 aliphatic rings. The molecular formula is C25H45N5O5. The smallest absolute Gasteiger partial charge is 0.407 e. The molecule has 0 aromatic rings. The molecule has 200 valence electrons. The van der Waals surface area contributed by atoms with Gasteiger partial charge in [-0.05, 0) is 46.0 Å². The Kier molecular flexibility index (Phi) is 9.42. The summed E-state index contributed by atoms with van der Waals surface area (Å²) in [6.07, 6.45) is -0.00355. The normalized spacial score (nSPS) is 23.7. The third-order valence-corrected chi connectivity index (χ3v) is 6.66. The van der Waals surface area contributed by atoms with E-state index in [4.69, 9.17) is 4.74 Å². The van der Waals surface area contributed by atoms with Gasteiger partial charge in [0.1, 0.15) is 12.1 Å². The minimum Gasteiger partial charge on any atom is -0.442 e. The Hall–Kier alpha value is -2.52. The van der Waals surface area contributed by atoms with E-state index in [1.54, 1.807) is 9.80 Å². The molecule has 0 radical (unpaired) electrons. The first-order valence-electron chi connectivity index (χ1n) is 12.8. The molecule has 5 amide bonds. The molecule has 5 atom stereocenters. The highest BCUT2D eigenvalue weighted by Crippen LogP contribution is 2.35. The van der Waals surface area contributed by atoms with E-state index in [0.29, 0.717) is 19.4 Å². The molecule has 0 aromatic carbocycles. The van der Waals surface area contributed by atoms with Gasteiger partial charge >= 0.3 is 12.1 Å². The van der Waals surface area contributed by atoms with E-state index in [1.807, 2.05) is 62.3 Å². The van der Waals surface area contributed by atoms with Crippen LogP contribution in [0, 0.1) is 11.3 Å². The van der Waals surface area contributed by atoms with E-state index < -0.39 is 29.7 Å². The molecule has 2 aliphatic heterocycles. The van der Waals surface area contributed by atoms with Gasteiger partial charge in [0.2, 0.25) is 11.8 Å². The van der Waals surface area contributed by atoms with Gasteiger partial charge in [-0.25, -0.2) is 9.59 Å². The zero-order chi connectivity index (χ0) is 26.7. The first kappa shape index (κ1) is 28.7. The monoisotopic (exact) mass is 495 g/mol. The summed E-state index contributed by atoms with van der Waals surface area (Å²) in [5.74, 6) is -0.591. The maximum atomic E-state index is 13.9. The van der Waals surface area contributed by atoms with Crippen LogP contribution >= 0.6 is 0 Å². The molecule has 2 fully saturated rings. The van der Waals surface area contributed by atoms with Crippen molar-refractivity contribution in [3.8, 4) is 0 Å². The van der Waals surface area contributed by atoms with Crippen molar-refractivity contribution in [3.05, 3.63) is 0 Å². The maximum Gasteiger partial charge on any atom is 0.407 e. The molecule has 2 heterocycles. The van der Waals surface area contributed by atoms with Crippen LogP contribution in [0.25, 0.3) is 0 Å². The number of fused-ring (bicyclic) bond motifs is 1. The van der Waals surface area contributed by atoms with Crippen LogP contribution in [0.3, 0.4) is 0 Å². The van der Waals surface area contributed by atoms with E-state index in [2.05, 4.69) is 16.0 Å². The van der Waals surface area contributed by atoms with Crippen molar-refractivity contribution < 1.29 is 23.9 Å². The summed E-state index contributed by atoms with van der Waals surface area (Å²) in [6, 6.07) is -1.90. The molecule has 2 rings (SSSR count). The second-order valence-electron chi connectivity index (χ2n) is 11.5. The number of ether oxygens (including phenoxy) is 1. The van der Waals surface area contributed by atoms with Crippen LogP contribution in [0.1, 0.15) is 75.2 Å². The van der Waals surface area contributed by atoms with Crippen LogP contribution < -0.4 is 16.0 Å². The lowest BCUT2D eigenvalue weighted by Crippen LogP contribution is -2.58. The lowest BCUT2D eigenvalue weighted by Gasteiger charge is -2.37. The van der Waals surface area contributed by atoms with Crippen molar-refractivity contribution >= 4 is 23.9 Å². The SMILES string of the molecule is CC[C@@H](C)C(=O)N[C@H](C(=O)N1CC[C@@H]2[C@H]1[C@@H](OC(=O)NC(C)C)CN2C(=O)NC(C)C)C(C)(C)C. The van der Waals surface area contributed by atoms with Crippen LogP contribution in [0.15, 0.2) is 0 Å². The van der Waals surface area contributed by atoms with Crippen LogP contribution in [-0.4, -0.2) is 83.1 Å². The second kappa shape index (κ2) is 11.5. The molecule has 35 heavy (non-hydrogen) atoms. The Morgan fingerprint density at radius 1 is 0.943 bits per heavy atom. The van der Waals surface area contributed by atoms with Gasteiger partial charge in [-0.2, -0.15) is 0 Å². The van der Waals surface area contributed by atoms with Gasteiger partial charge in [-0.3, -0.25) is 9.59 Å². The minimum atomic E-state index is -0.744. The third kappa shape index (κ3) is 7.01. The third-order valence-electron chi connectivity index (χ3n) is 6.66. The van der Waals surface area contributed by atoms with Gasteiger partial charge in [-0.1, -0.05) is 34.6 Å². The van der Waals surface area contributed by atoms with Crippen molar-refractivity contribution in [1.29, 1.82) is 0 Å². The second-order valence-corrected chi connectivity index (χ2v) is 11.5. The van der Waals surface area contributed by atoms with Crippen molar-refractivity contribution in [3.63, 3.8) is 0 Å². The highest BCUT2D eigenvalue weighted by molar-refractivity contribution is 5.89. The van der Waals surface area contributed by atoms with Gasteiger partial charge in [0, 0.05) is 24.5 Å². The number of carbonyl (C=O) groups excluding carboxylic acids is 4. The average molecular weight is 496 g/mol. The number of urea groups is 1. The van der Waals surface area contributed by atoms with Gasteiger partial charge < -0.3 is 30.5 Å². The topological polar surface area (TPSA) is 120 Å². The largest absolute Gasteiger partial charge is 0.442 e. The highest BCUT2D eigenvalue weighted by Gasteiger charge is 2.55. The summed E-state index contributed by atoms with van der Waals surface area (Å²) < 4.78 is 5.75. The fourth-order valence-corrected chi connectivity index (χ4v) is 4.64. The lowest BCUT2D eigenvalue weighted by atomic mass is 9.85. The molecule has 0 unspecified atom stereocenters. The Morgan fingerprint density at radius 2 is 1.54 bits per heavy atom. The predicted molar refractivity (Wildman–Crippen MR) is 134 cm³/mol. The number of amides is 5. The minimum absolute atomic E-state index is 0.0506. The van der Waals surface area contributed by atoms with Gasteiger partial charge in [0.15, 0.2) is 0 Å². The predicted octanol–water partition coefficient (Wildman–Crippen LogP) is 2.47. The summed E-state index contributed by atoms with van der Waals surface area (Å²) in [5, 5.41) is 8.59. The summed E-state index contributed by atoms with van der Waals surface area (Å²) in [6.45, 7) is 17.6. The standard InChI is InChI=1S/C25H45N5O5/c1-10-16(6)21(31)28-20(25(7,8)9)22(32)29-12-11-17-19(29)18(35-24(34)27-15(4)5)13-30(17)23(33)26-14(2)3/h14-20H,10-13H2,1-9H3,(H,26,33)(H,27,34)(H,28,31)/t16-,17-,18+,19+,20-/m1/s1. The van der Waals surface area contributed by atoms with E-state index in [-0.39, 0.29) is 48.4 Å². The maximum absolute atomic E-state index is 13.9. The van der Waals surface area contributed by atoms with Crippen molar-refractivity contribution in [2.45, 2.75) is 111 Å². The summed E-state index contributed by atoms with van der Waals surface area (Å²) in [7, 11) is 0. The molecular weight excluding hydrogens is 450 g/mol. The number of nitrogens with zero attached hydrogens (tertiary/aromatic N) is 2. The molecule has 10 heteroatoms. The molecule has 10 nitrogen and oxygen atoms in total. The summed E-state index contributed by atoms with van der Waals surface area (Å²) in [4.78, 5) is 55.4. The number of likely N-dealkylation sites (tertiary alicyclic amines) is 2. The number of alkyl carbamates (subject to hydrolysis) is 1. The number of rotatable bonds is 7. The molecule has 0 saturated carbocycles. The van der Waals surface area contributed by atoms with E-state index in [0.717, 1.165) is 0 Å². The Labute approximate surface area is 209 Å². The van der Waals surface area contributed by atoms with E-state index in [1.165, 1.54) is 0 Å². The van der Waals surface area contributed by atoms with Crippen molar-refractivity contribution in [1.82, 2.24) is 25.8 Å². The van der Waals surface area contributed by atoms with Gasteiger partial charge in [0.05, 0.1) is 18.6 Å². The summed E-state index contributed by atoms with van der Waals surface area (Å²) in [5.41, 5.74) is -0.531.